The first kappa shape index (κ1) is 25.5. The van der Waals surface area contributed by atoms with Crippen LogP contribution in [-0.2, 0) is 21.2 Å². The highest BCUT2D eigenvalue weighted by Gasteiger charge is 2.34. The number of alkyl halides is 3. The van der Waals surface area contributed by atoms with E-state index in [4.69, 9.17) is 21.1 Å². The Morgan fingerprint density at radius 2 is 1.89 bits per heavy atom. The number of carbonyl (C=O) groups is 1. The molecular weight excluding hydrogens is 532 g/mol. The molecule has 14 heteroatoms. The highest BCUT2D eigenvalue weighted by atomic mass is 35.5. The Bertz CT molecular complexity index is 1460. The smallest absolute Gasteiger partial charge is 0.494 e. The first-order chi connectivity index (χ1) is 16.9. The lowest BCUT2D eigenvalue weighted by atomic mass is 9.99. The van der Waals surface area contributed by atoms with Crippen molar-refractivity contribution < 1.29 is 45.0 Å². The van der Waals surface area contributed by atoms with Crippen LogP contribution in [0.3, 0.4) is 0 Å². The number of cyclic esters (lactones) is 1. The lowest BCUT2D eigenvalue weighted by Crippen LogP contribution is -2.20. The second-order valence-corrected chi connectivity index (χ2v) is 9.46. The van der Waals surface area contributed by atoms with E-state index >= 15 is 0 Å². The summed E-state index contributed by atoms with van der Waals surface area (Å²) in [6.07, 6.45) is -4.00. The number of anilines is 1. The van der Waals surface area contributed by atoms with Crippen molar-refractivity contribution in [3.8, 4) is 22.6 Å². The average molecular weight is 547 g/mol. The summed E-state index contributed by atoms with van der Waals surface area (Å²) in [7, 11) is -3.59. The fourth-order valence-corrected chi connectivity index (χ4v) is 5.18. The van der Waals surface area contributed by atoms with Crippen LogP contribution in [0, 0.1) is 5.95 Å². The number of pyridine rings is 1. The molecule has 0 unspecified atom stereocenters. The van der Waals surface area contributed by atoms with Gasteiger partial charge in [-0.05, 0) is 41.5 Å². The lowest BCUT2D eigenvalue weighted by Gasteiger charge is -2.19. The number of hydrogen-bond donors (Lipinski definition) is 1. The summed E-state index contributed by atoms with van der Waals surface area (Å²) < 4.78 is 95.9. The molecule has 4 bridgehead atoms. The van der Waals surface area contributed by atoms with Gasteiger partial charge in [0.05, 0.1) is 30.0 Å². The van der Waals surface area contributed by atoms with Crippen molar-refractivity contribution in [1.82, 2.24) is 4.98 Å². The second kappa shape index (κ2) is 9.47. The predicted molar refractivity (Wildman–Crippen MR) is 119 cm³/mol. The summed E-state index contributed by atoms with van der Waals surface area (Å²) in [5.74, 6) is -3.00. The van der Waals surface area contributed by atoms with Gasteiger partial charge in [-0.1, -0.05) is 17.7 Å². The number of hydrogen-bond acceptors (Lipinski definition) is 7. The molecule has 36 heavy (non-hydrogen) atoms. The standard InChI is InChI=1S/C22H15ClF4N2O6S/c1-33-20-15(23)6-13-8-18(20)36(31,32)29-16-7-11(2-3-17(16)35-22(25,26)27)14-10-28-19(24)9-12(14)4-5-34-21(13)30/h2-3,6-10,29H,4-5H2,1H3. The highest BCUT2D eigenvalue weighted by Crippen LogP contribution is 2.39. The average Bonchev–Trinajstić information content (AvgIpc) is 2.78. The molecule has 2 heterocycles. The number of rotatable bonds is 2. The minimum Gasteiger partial charge on any atom is -0.494 e. The van der Waals surface area contributed by atoms with Gasteiger partial charge < -0.3 is 14.2 Å². The van der Waals surface area contributed by atoms with E-state index in [-0.39, 0.29) is 40.5 Å². The molecular formula is C22H15ClF4N2O6S. The van der Waals surface area contributed by atoms with Crippen molar-refractivity contribution in [1.29, 1.82) is 0 Å². The number of methoxy groups -OCH3 is 1. The molecule has 2 aromatic carbocycles. The number of nitrogens with one attached hydrogen (secondary N) is 1. The zero-order valence-corrected chi connectivity index (χ0v) is 19.7. The molecule has 0 fully saturated rings. The normalized spacial score (nSPS) is 15.1. The molecule has 0 saturated carbocycles. The summed E-state index contributed by atoms with van der Waals surface area (Å²) >= 11 is 6.11. The van der Waals surface area contributed by atoms with Gasteiger partial charge in [-0.25, -0.2) is 18.2 Å². The minimum atomic E-state index is -5.14. The summed E-state index contributed by atoms with van der Waals surface area (Å²) in [6.45, 7) is -0.235. The fraction of sp³-hybridized carbons (Fsp3) is 0.182. The zero-order valence-electron chi connectivity index (χ0n) is 18.2. The summed E-state index contributed by atoms with van der Waals surface area (Å²) in [5.41, 5.74) is -0.100. The van der Waals surface area contributed by atoms with Gasteiger partial charge in [-0.15, -0.1) is 13.2 Å². The third-order valence-corrected chi connectivity index (χ3v) is 6.71. The van der Waals surface area contributed by atoms with Crippen LogP contribution in [0.1, 0.15) is 15.9 Å². The van der Waals surface area contributed by atoms with Gasteiger partial charge in [0.15, 0.2) is 11.5 Å². The molecule has 0 amide bonds. The predicted octanol–water partition coefficient (Wildman–Crippen LogP) is 4.96. The SMILES string of the molecule is COc1c(Cl)cc2cc1S(=O)(=O)Nc1cc(ccc1OC(F)(F)F)-c1cnc(F)cc1CCOC2=O. The molecule has 3 aromatic rings. The van der Waals surface area contributed by atoms with Crippen LogP contribution in [0.4, 0.5) is 23.2 Å². The van der Waals surface area contributed by atoms with Gasteiger partial charge in [0.1, 0.15) is 4.90 Å². The van der Waals surface area contributed by atoms with Crippen LogP contribution in [0.5, 0.6) is 11.5 Å². The van der Waals surface area contributed by atoms with Gasteiger partial charge in [0.2, 0.25) is 5.95 Å². The van der Waals surface area contributed by atoms with Gasteiger partial charge in [-0.2, -0.15) is 4.39 Å². The van der Waals surface area contributed by atoms with E-state index in [1.807, 2.05) is 4.72 Å². The van der Waals surface area contributed by atoms with Gasteiger partial charge in [-0.3, -0.25) is 4.72 Å². The zero-order chi connectivity index (χ0) is 26.3. The maximum atomic E-state index is 13.9. The molecule has 0 saturated heterocycles. The number of fused-ring (bicyclic) bond motifs is 6. The van der Waals surface area contributed by atoms with Gasteiger partial charge in [0, 0.05) is 18.2 Å². The molecule has 1 aliphatic rings. The maximum Gasteiger partial charge on any atom is 0.573 e. The Morgan fingerprint density at radius 3 is 2.58 bits per heavy atom. The van der Waals surface area contributed by atoms with Gasteiger partial charge >= 0.3 is 12.3 Å². The largest absolute Gasteiger partial charge is 0.573 e. The van der Waals surface area contributed by atoms with E-state index in [1.54, 1.807) is 0 Å². The van der Waals surface area contributed by atoms with Crippen molar-refractivity contribution in [3.05, 3.63) is 64.7 Å². The molecule has 0 radical (unpaired) electrons. The van der Waals surface area contributed by atoms with Crippen molar-refractivity contribution in [2.45, 2.75) is 17.7 Å². The van der Waals surface area contributed by atoms with Crippen LogP contribution in [0.2, 0.25) is 5.02 Å². The van der Waals surface area contributed by atoms with Crippen molar-refractivity contribution >= 4 is 33.3 Å². The Hall–Kier alpha value is -3.58. The van der Waals surface area contributed by atoms with E-state index in [0.29, 0.717) is 5.56 Å². The molecule has 8 nitrogen and oxygen atoms in total. The van der Waals surface area contributed by atoms with Gasteiger partial charge in [0.25, 0.3) is 10.0 Å². The van der Waals surface area contributed by atoms with Crippen LogP contribution in [-0.4, -0.2) is 39.5 Å². The first-order valence-electron chi connectivity index (χ1n) is 10.00. The molecule has 1 aliphatic heterocycles. The fourth-order valence-electron chi connectivity index (χ4n) is 3.55. The highest BCUT2D eigenvalue weighted by molar-refractivity contribution is 7.92. The molecule has 1 aromatic heterocycles. The van der Waals surface area contributed by atoms with Crippen molar-refractivity contribution in [3.63, 3.8) is 0 Å². The monoisotopic (exact) mass is 546 g/mol. The van der Waals surface area contributed by atoms with E-state index in [0.717, 1.165) is 43.6 Å². The van der Waals surface area contributed by atoms with Crippen molar-refractivity contribution in [2.24, 2.45) is 0 Å². The number of benzene rings is 2. The van der Waals surface area contributed by atoms with Crippen molar-refractivity contribution in [2.75, 3.05) is 18.4 Å². The number of halogens is 5. The third-order valence-electron chi connectivity index (χ3n) is 5.06. The number of ether oxygens (including phenoxy) is 3. The summed E-state index contributed by atoms with van der Waals surface area (Å²) in [4.78, 5) is 15.5. The number of carbonyl (C=O) groups excluding carboxylic acids is 1. The molecule has 1 N–H and O–H groups in total. The van der Waals surface area contributed by atoms with Crippen LogP contribution in [0.25, 0.3) is 11.1 Å². The molecule has 4 rings (SSSR count). The number of nitrogens with zero attached hydrogens (tertiary/aromatic N) is 1. The summed E-state index contributed by atoms with van der Waals surface area (Å²) in [6, 6.07) is 6.29. The summed E-state index contributed by atoms with van der Waals surface area (Å²) in [5, 5.41) is -0.265. The molecule has 0 aliphatic carbocycles. The molecule has 0 spiro atoms. The van der Waals surface area contributed by atoms with E-state index in [9.17, 15) is 30.8 Å². The number of aromatic nitrogens is 1. The van der Waals surface area contributed by atoms with E-state index < -0.39 is 44.6 Å². The Balaban J connectivity index is 1.97. The third kappa shape index (κ3) is 5.31. The maximum absolute atomic E-state index is 13.9. The van der Waals surface area contributed by atoms with E-state index in [1.165, 1.54) is 6.07 Å². The Labute approximate surface area is 206 Å². The quantitative estimate of drug-likeness (QED) is 0.275. The molecule has 0 atom stereocenters. The number of sulfonamides is 1. The minimum absolute atomic E-state index is 0.0130. The first-order valence-corrected chi connectivity index (χ1v) is 11.9. The Kier molecular flexibility index (Phi) is 6.71. The second-order valence-electron chi connectivity index (χ2n) is 7.40. The van der Waals surface area contributed by atoms with Crippen LogP contribution >= 0.6 is 11.6 Å². The lowest BCUT2D eigenvalue weighted by molar-refractivity contribution is -0.274. The van der Waals surface area contributed by atoms with E-state index in [2.05, 4.69) is 9.72 Å². The molecule has 190 valence electrons. The topological polar surface area (TPSA) is 104 Å². The Morgan fingerprint density at radius 1 is 1.14 bits per heavy atom. The number of esters is 1. The van der Waals surface area contributed by atoms with Crippen LogP contribution in [0.15, 0.2) is 47.5 Å². The van der Waals surface area contributed by atoms with Crippen LogP contribution < -0.4 is 14.2 Å².